The molecule has 2 aromatic rings. The highest BCUT2D eigenvalue weighted by molar-refractivity contribution is 5.64. The van der Waals surface area contributed by atoms with E-state index in [9.17, 15) is 0 Å². The minimum absolute atomic E-state index is 0. The van der Waals surface area contributed by atoms with Gasteiger partial charge >= 0.3 is 0 Å². The van der Waals surface area contributed by atoms with Crippen molar-refractivity contribution in [1.82, 2.24) is 0 Å². The summed E-state index contributed by atoms with van der Waals surface area (Å²) >= 11 is 0. The van der Waals surface area contributed by atoms with Gasteiger partial charge in [0.2, 0.25) is 0 Å². The molecule has 0 atom stereocenters. The predicted octanol–water partition coefficient (Wildman–Crippen LogP) is 5.24. The first-order valence-electron chi connectivity index (χ1n) is 4.89. The molecule has 16 heavy (non-hydrogen) atoms. The van der Waals surface area contributed by atoms with E-state index < -0.39 is 0 Å². The van der Waals surface area contributed by atoms with Gasteiger partial charge in [-0.15, -0.1) is 0 Å². The van der Waals surface area contributed by atoms with Gasteiger partial charge in [-0.3, -0.25) is 0 Å². The molecule has 0 radical (unpaired) electrons. The maximum Gasteiger partial charge on any atom is -0.0181 e. The molecular weight excluding hydrogens is 192 g/mol. The third-order valence-corrected chi connectivity index (χ3v) is 2.40. The summed E-state index contributed by atoms with van der Waals surface area (Å²) in [5.41, 5.74) is 5.20. The van der Waals surface area contributed by atoms with E-state index >= 15 is 0 Å². The van der Waals surface area contributed by atoms with Crippen molar-refractivity contribution in [3.63, 3.8) is 0 Å². The van der Waals surface area contributed by atoms with Crippen molar-refractivity contribution in [1.29, 1.82) is 0 Å². The second-order valence-electron chi connectivity index (χ2n) is 3.74. The smallest absolute Gasteiger partial charge is 0.0181 e. The van der Waals surface area contributed by atoms with Gasteiger partial charge in [0, 0.05) is 0 Å². The molecule has 2 rings (SSSR count). The topological polar surface area (TPSA) is 0 Å². The molecule has 2 aromatic carbocycles. The highest BCUT2D eigenvalue weighted by Gasteiger charge is 1.96. The van der Waals surface area contributed by atoms with Gasteiger partial charge < -0.3 is 0 Å². The van der Waals surface area contributed by atoms with Crippen molar-refractivity contribution in [3.8, 4) is 11.1 Å². The molecule has 86 valence electrons. The zero-order valence-corrected chi connectivity index (χ0v) is 8.62. The monoisotopic (exact) mass is 214 g/mol. The van der Waals surface area contributed by atoms with Gasteiger partial charge in [-0.2, -0.15) is 0 Å². The summed E-state index contributed by atoms with van der Waals surface area (Å²) in [5, 5.41) is 0. The molecule has 0 bridgehead atoms. The Morgan fingerprint density at radius 3 is 1.81 bits per heavy atom. The van der Waals surface area contributed by atoms with Gasteiger partial charge in [-0.25, -0.2) is 0 Å². The van der Waals surface area contributed by atoms with Gasteiger partial charge in [0.05, 0.1) is 0 Å². The summed E-state index contributed by atoms with van der Waals surface area (Å²) in [4.78, 5) is 0. The molecule has 0 aromatic heterocycles. The van der Waals surface area contributed by atoms with E-state index in [1.165, 1.54) is 22.3 Å². The van der Waals surface area contributed by atoms with Crippen LogP contribution in [0.3, 0.4) is 0 Å². The molecular formula is C16H22. The lowest BCUT2D eigenvalue weighted by molar-refractivity contribution is 1.44. The number of hydrogen-bond acceptors (Lipinski definition) is 0. The van der Waals surface area contributed by atoms with Crippen molar-refractivity contribution in [2.24, 2.45) is 0 Å². The van der Waals surface area contributed by atoms with E-state index in [2.05, 4.69) is 62.4 Å². The molecule has 0 aliphatic rings. The molecule has 0 aliphatic heterocycles. The average molecular weight is 214 g/mol. The first kappa shape index (κ1) is 14.4. The quantitative estimate of drug-likeness (QED) is 0.608. The first-order chi connectivity index (χ1) is 6.75. The van der Waals surface area contributed by atoms with E-state index in [4.69, 9.17) is 0 Å². The largest absolute Gasteiger partial charge is 0.0776 e. The molecule has 0 saturated carbocycles. The lowest BCUT2D eigenvalue weighted by atomic mass is 10.0. The zero-order valence-electron chi connectivity index (χ0n) is 8.62. The summed E-state index contributed by atoms with van der Waals surface area (Å²) < 4.78 is 0. The molecule has 0 N–H and O–H groups in total. The van der Waals surface area contributed by atoms with Crippen LogP contribution < -0.4 is 0 Å². The SMILES string of the molecule is C.C.Cc1ccc(-c2cccc(C)c2)cc1. The molecule has 0 amide bonds. The second-order valence-corrected chi connectivity index (χ2v) is 3.74. The Morgan fingerprint density at radius 1 is 0.625 bits per heavy atom. The minimum atomic E-state index is 0. The van der Waals surface area contributed by atoms with Crippen LogP contribution in [0, 0.1) is 13.8 Å². The molecule has 0 aliphatic carbocycles. The lowest BCUT2D eigenvalue weighted by Crippen LogP contribution is -1.79. The average Bonchev–Trinajstić information content (AvgIpc) is 2.19. The Morgan fingerprint density at radius 2 is 1.25 bits per heavy atom. The highest BCUT2D eigenvalue weighted by atomic mass is 14.0. The molecule has 0 fully saturated rings. The van der Waals surface area contributed by atoms with Gasteiger partial charge in [0.25, 0.3) is 0 Å². The van der Waals surface area contributed by atoms with Crippen molar-refractivity contribution in [3.05, 3.63) is 59.7 Å². The molecule has 0 nitrogen and oxygen atoms in total. The van der Waals surface area contributed by atoms with Crippen LogP contribution in [-0.2, 0) is 0 Å². The zero-order chi connectivity index (χ0) is 9.97. The lowest BCUT2D eigenvalue weighted by Gasteiger charge is -2.02. The Balaban J connectivity index is 0.00000112. The van der Waals surface area contributed by atoms with E-state index in [0.29, 0.717) is 0 Å². The summed E-state index contributed by atoms with van der Waals surface area (Å²) in [6, 6.07) is 17.2. The Labute approximate surface area is 100.0 Å². The predicted molar refractivity (Wildman–Crippen MR) is 74.8 cm³/mol. The normalized spacial score (nSPS) is 8.88. The molecule has 0 saturated heterocycles. The van der Waals surface area contributed by atoms with Gasteiger partial charge in [0.1, 0.15) is 0 Å². The minimum Gasteiger partial charge on any atom is -0.0776 e. The number of rotatable bonds is 1. The summed E-state index contributed by atoms with van der Waals surface area (Å²) in [6.07, 6.45) is 0. The van der Waals surface area contributed by atoms with Gasteiger partial charge in [0.15, 0.2) is 0 Å². The molecule has 0 heterocycles. The Bertz CT molecular complexity index is 424. The van der Waals surface area contributed by atoms with Crippen molar-refractivity contribution in [2.75, 3.05) is 0 Å². The van der Waals surface area contributed by atoms with Gasteiger partial charge in [-0.05, 0) is 25.0 Å². The van der Waals surface area contributed by atoms with Crippen molar-refractivity contribution >= 4 is 0 Å². The van der Waals surface area contributed by atoms with Crippen LogP contribution >= 0.6 is 0 Å². The van der Waals surface area contributed by atoms with E-state index in [0.717, 1.165) is 0 Å². The third kappa shape index (κ3) is 3.23. The summed E-state index contributed by atoms with van der Waals surface area (Å²) in [7, 11) is 0. The van der Waals surface area contributed by atoms with Crippen LogP contribution in [0.5, 0.6) is 0 Å². The van der Waals surface area contributed by atoms with Crippen LogP contribution in [0.1, 0.15) is 26.0 Å². The summed E-state index contributed by atoms with van der Waals surface area (Å²) in [6.45, 7) is 4.23. The van der Waals surface area contributed by atoms with E-state index in [1.54, 1.807) is 0 Å². The number of benzene rings is 2. The van der Waals surface area contributed by atoms with Gasteiger partial charge in [-0.1, -0.05) is 74.5 Å². The Kier molecular flexibility index (Phi) is 5.52. The van der Waals surface area contributed by atoms with E-state index in [1.807, 2.05) is 0 Å². The number of hydrogen-bond donors (Lipinski definition) is 0. The fourth-order valence-corrected chi connectivity index (χ4v) is 1.57. The fourth-order valence-electron chi connectivity index (χ4n) is 1.57. The first-order valence-corrected chi connectivity index (χ1v) is 4.89. The third-order valence-electron chi connectivity index (χ3n) is 2.40. The van der Waals surface area contributed by atoms with Crippen LogP contribution in [0.15, 0.2) is 48.5 Å². The maximum absolute atomic E-state index is 2.21. The molecule has 0 unspecified atom stereocenters. The fraction of sp³-hybridized carbons (Fsp3) is 0.250. The van der Waals surface area contributed by atoms with E-state index in [-0.39, 0.29) is 14.9 Å². The number of aryl methyl sites for hydroxylation is 2. The van der Waals surface area contributed by atoms with Crippen molar-refractivity contribution in [2.45, 2.75) is 28.7 Å². The molecule has 0 heteroatoms. The van der Waals surface area contributed by atoms with Crippen molar-refractivity contribution < 1.29 is 0 Å². The Hall–Kier alpha value is -1.56. The van der Waals surface area contributed by atoms with Crippen LogP contribution in [0.2, 0.25) is 0 Å². The maximum atomic E-state index is 2.21. The second kappa shape index (κ2) is 6.12. The van der Waals surface area contributed by atoms with Crippen LogP contribution in [0.4, 0.5) is 0 Å². The van der Waals surface area contributed by atoms with Crippen LogP contribution in [0.25, 0.3) is 11.1 Å². The highest BCUT2D eigenvalue weighted by Crippen LogP contribution is 2.20. The summed E-state index contributed by atoms with van der Waals surface area (Å²) in [5.74, 6) is 0. The van der Waals surface area contributed by atoms with Crippen LogP contribution in [-0.4, -0.2) is 0 Å². The molecule has 0 spiro atoms. The standard InChI is InChI=1S/C14H14.2CH4/c1-11-6-8-13(9-7-11)14-5-3-4-12(2)10-14;;/h3-10H,1-2H3;2*1H4.